The Bertz CT molecular complexity index is 180. The van der Waals surface area contributed by atoms with Crippen molar-refractivity contribution in [3.63, 3.8) is 0 Å². The van der Waals surface area contributed by atoms with Crippen molar-refractivity contribution in [3.8, 4) is 0 Å². The molecule has 0 aromatic heterocycles. The minimum absolute atomic E-state index is 0.327. The second-order valence-electron chi connectivity index (χ2n) is 5.01. The molecule has 1 nitrogen and oxygen atoms in total. The number of hydrogen-bond acceptors (Lipinski definition) is 2. The zero-order valence-corrected chi connectivity index (χ0v) is 13.2. The number of carbonyl (C=O) groups is 1. The first-order valence-electron chi connectivity index (χ1n) is 7.78. The van der Waals surface area contributed by atoms with Gasteiger partial charge in [-0.3, -0.25) is 4.79 Å². The van der Waals surface area contributed by atoms with E-state index in [1.54, 1.807) is 0 Å². The summed E-state index contributed by atoms with van der Waals surface area (Å²) in [7, 11) is 0. The maximum Gasteiger partial charge on any atom is 0.189 e. The van der Waals surface area contributed by atoms with E-state index in [4.69, 9.17) is 0 Å². The molecule has 0 heterocycles. The molecule has 2 heteroatoms. The fourth-order valence-corrected chi connectivity index (χ4v) is 2.65. The molecule has 0 rings (SSSR count). The molecule has 0 aromatic rings. The van der Waals surface area contributed by atoms with Gasteiger partial charge in [-0.25, -0.2) is 0 Å². The number of rotatable bonds is 13. The SMILES string of the molecule is C[CH]SC(=O)CCCCCCCCCCCCC. The molecule has 0 bridgehead atoms. The molecule has 0 atom stereocenters. The Labute approximate surface area is 118 Å². The predicted octanol–water partition coefficient (Wildman–Crippen LogP) is 6.13. The van der Waals surface area contributed by atoms with Gasteiger partial charge in [0.15, 0.2) is 5.12 Å². The van der Waals surface area contributed by atoms with Crippen molar-refractivity contribution in [2.45, 2.75) is 90.9 Å². The van der Waals surface area contributed by atoms with E-state index < -0.39 is 0 Å². The normalized spacial score (nSPS) is 10.8. The van der Waals surface area contributed by atoms with Crippen LogP contribution in [-0.2, 0) is 4.79 Å². The average molecular weight is 271 g/mol. The van der Waals surface area contributed by atoms with Crippen molar-refractivity contribution in [2.24, 2.45) is 0 Å². The lowest BCUT2D eigenvalue weighted by atomic mass is 10.1. The van der Waals surface area contributed by atoms with E-state index in [-0.39, 0.29) is 0 Å². The summed E-state index contributed by atoms with van der Waals surface area (Å²) < 4.78 is 0. The predicted molar refractivity (Wildman–Crippen MR) is 83.7 cm³/mol. The minimum Gasteiger partial charge on any atom is -0.287 e. The molecular formula is C16H31OS. The third-order valence-electron chi connectivity index (χ3n) is 3.23. The first kappa shape index (κ1) is 18.0. The van der Waals surface area contributed by atoms with E-state index in [1.807, 2.05) is 12.7 Å². The van der Waals surface area contributed by atoms with Crippen LogP contribution in [0.4, 0.5) is 0 Å². The van der Waals surface area contributed by atoms with Crippen LogP contribution in [0.15, 0.2) is 0 Å². The topological polar surface area (TPSA) is 17.1 Å². The van der Waals surface area contributed by atoms with E-state index >= 15 is 0 Å². The lowest BCUT2D eigenvalue weighted by Gasteiger charge is -2.02. The van der Waals surface area contributed by atoms with Crippen LogP contribution < -0.4 is 0 Å². The Balaban J connectivity index is 3.01. The summed E-state index contributed by atoms with van der Waals surface area (Å²) in [6, 6.07) is 0. The van der Waals surface area contributed by atoms with Crippen LogP contribution in [-0.4, -0.2) is 5.12 Å². The fraction of sp³-hybridized carbons (Fsp3) is 0.875. The fourth-order valence-electron chi connectivity index (χ4n) is 2.12. The molecule has 0 unspecified atom stereocenters. The second-order valence-corrected chi connectivity index (χ2v) is 6.17. The van der Waals surface area contributed by atoms with Gasteiger partial charge in [-0.2, -0.15) is 0 Å². The summed E-state index contributed by atoms with van der Waals surface area (Å²) in [5.41, 5.74) is 0. The number of hydrogen-bond donors (Lipinski definition) is 0. The molecule has 107 valence electrons. The summed E-state index contributed by atoms with van der Waals surface area (Å²) in [4.78, 5) is 11.2. The Kier molecular flexibility index (Phi) is 15.1. The van der Waals surface area contributed by atoms with E-state index in [2.05, 4.69) is 6.92 Å². The Morgan fingerprint density at radius 2 is 1.28 bits per heavy atom. The lowest BCUT2D eigenvalue weighted by Crippen LogP contribution is -1.90. The molecule has 0 aromatic carbocycles. The standard InChI is InChI=1S/C16H31OS/c1-3-5-6-7-8-9-10-11-12-13-14-15-16(17)18-4-2/h4H,3,5-15H2,1-2H3. The zero-order valence-electron chi connectivity index (χ0n) is 12.4. The molecule has 1 radical (unpaired) electrons. The summed E-state index contributed by atoms with van der Waals surface area (Å²) in [5, 5.41) is 0.327. The third kappa shape index (κ3) is 14.1. The highest BCUT2D eigenvalue weighted by Gasteiger charge is 2.00. The summed E-state index contributed by atoms with van der Waals surface area (Å²) in [5.74, 6) is 1.88. The van der Waals surface area contributed by atoms with Gasteiger partial charge in [-0.05, 0) is 6.42 Å². The summed E-state index contributed by atoms with van der Waals surface area (Å²) in [6.45, 7) is 4.19. The first-order valence-corrected chi connectivity index (χ1v) is 8.66. The molecule has 0 aliphatic carbocycles. The van der Waals surface area contributed by atoms with Crippen LogP contribution in [0.2, 0.25) is 0 Å². The van der Waals surface area contributed by atoms with Crippen LogP contribution in [0.3, 0.4) is 0 Å². The summed E-state index contributed by atoms with van der Waals surface area (Å²) in [6.07, 6.45) is 15.5. The van der Waals surface area contributed by atoms with Gasteiger partial charge in [0.05, 0.1) is 0 Å². The summed E-state index contributed by atoms with van der Waals surface area (Å²) >= 11 is 1.35. The van der Waals surface area contributed by atoms with E-state index in [9.17, 15) is 4.79 Å². The van der Waals surface area contributed by atoms with Crippen molar-refractivity contribution < 1.29 is 4.79 Å². The first-order chi connectivity index (χ1) is 8.81. The maximum absolute atomic E-state index is 11.2. The minimum atomic E-state index is 0.327. The Morgan fingerprint density at radius 3 is 1.72 bits per heavy atom. The van der Waals surface area contributed by atoms with Gasteiger partial charge in [-0.15, -0.1) is 0 Å². The molecular weight excluding hydrogens is 240 g/mol. The Morgan fingerprint density at radius 1 is 0.833 bits per heavy atom. The highest BCUT2D eigenvalue weighted by atomic mass is 32.2. The molecule has 0 fully saturated rings. The molecule has 18 heavy (non-hydrogen) atoms. The lowest BCUT2D eigenvalue weighted by molar-refractivity contribution is -0.111. The van der Waals surface area contributed by atoms with Gasteiger partial charge in [0, 0.05) is 12.2 Å². The van der Waals surface area contributed by atoms with E-state index in [0.717, 1.165) is 12.8 Å². The van der Waals surface area contributed by atoms with Gasteiger partial charge < -0.3 is 0 Å². The van der Waals surface area contributed by atoms with Crippen LogP contribution in [0.5, 0.6) is 0 Å². The van der Waals surface area contributed by atoms with E-state index in [1.165, 1.54) is 76.0 Å². The largest absolute Gasteiger partial charge is 0.287 e. The zero-order chi connectivity index (χ0) is 13.5. The highest BCUT2D eigenvalue weighted by Crippen LogP contribution is 2.14. The van der Waals surface area contributed by atoms with Crippen LogP contribution in [0, 0.1) is 5.75 Å². The number of carbonyl (C=O) groups excluding carboxylic acids is 1. The smallest absolute Gasteiger partial charge is 0.189 e. The molecule has 0 aliphatic rings. The van der Waals surface area contributed by atoms with Crippen molar-refractivity contribution >= 4 is 16.9 Å². The molecule has 0 aliphatic heterocycles. The molecule has 0 saturated heterocycles. The molecule has 0 amide bonds. The van der Waals surface area contributed by atoms with Gasteiger partial charge in [-0.1, -0.05) is 89.8 Å². The number of thioether (sulfide) groups is 1. The maximum atomic E-state index is 11.2. The number of unbranched alkanes of at least 4 members (excludes halogenated alkanes) is 10. The van der Waals surface area contributed by atoms with Gasteiger partial charge in [0.1, 0.15) is 0 Å². The third-order valence-corrected chi connectivity index (χ3v) is 3.94. The molecule has 0 saturated carbocycles. The average Bonchev–Trinajstić information content (AvgIpc) is 2.36. The van der Waals surface area contributed by atoms with Crippen molar-refractivity contribution in [3.05, 3.63) is 5.75 Å². The van der Waals surface area contributed by atoms with Crippen LogP contribution in [0.1, 0.15) is 90.9 Å². The van der Waals surface area contributed by atoms with Gasteiger partial charge in [0.2, 0.25) is 0 Å². The van der Waals surface area contributed by atoms with E-state index in [0.29, 0.717) is 5.12 Å². The Hall–Kier alpha value is 0.0200. The second kappa shape index (κ2) is 15.1. The monoisotopic (exact) mass is 271 g/mol. The molecule has 0 N–H and O–H groups in total. The van der Waals surface area contributed by atoms with Gasteiger partial charge >= 0.3 is 0 Å². The van der Waals surface area contributed by atoms with Gasteiger partial charge in [0.25, 0.3) is 0 Å². The van der Waals surface area contributed by atoms with Crippen LogP contribution >= 0.6 is 11.8 Å². The van der Waals surface area contributed by atoms with Crippen molar-refractivity contribution in [1.82, 2.24) is 0 Å². The van der Waals surface area contributed by atoms with Crippen molar-refractivity contribution in [1.29, 1.82) is 0 Å². The van der Waals surface area contributed by atoms with Crippen molar-refractivity contribution in [2.75, 3.05) is 0 Å². The van der Waals surface area contributed by atoms with Crippen LogP contribution in [0.25, 0.3) is 0 Å². The quantitative estimate of drug-likeness (QED) is 0.375. The highest BCUT2D eigenvalue weighted by molar-refractivity contribution is 8.15. The molecule has 0 spiro atoms.